The van der Waals surface area contributed by atoms with E-state index in [1.165, 1.54) is 76.9 Å². The highest BCUT2D eigenvalue weighted by molar-refractivity contribution is 5.72. The molecule has 2 aromatic carbocycles. The van der Waals surface area contributed by atoms with Crippen LogP contribution >= 0.6 is 0 Å². The standard InChI is InChI=1S/C28H46N3/c1-23-11-13-27-25(19-23)21-31(17-9-15-29(3,4)5,18-10-16-30(6,7)8)22-26-20-24(2)12-14-28(26)27/h11-14,19-20H,9-10,15-18,21-22H2,1-8H3/q+3. The molecule has 3 nitrogen and oxygen atoms in total. The minimum atomic E-state index is 1.05. The van der Waals surface area contributed by atoms with Crippen molar-refractivity contribution in [1.82, 2.24) is 0 Å². The smallest absolute Gasteiger partial charge is 0.105 e. The van der Waals surface area contributed by atoms with Gasteiger partial charge in [-0.15, -0.1) is 0 Å². The highest BCUT2D eigenvalue weighted by Gasteiger charge is 2.34. The minimum Gasteiger partial charge on any atom is -0.331 e. The third-order valence-corrected chi connectivity index (χ3v) is 6.75. The lowest BCUT2D eigenvalue weighted by atomic mass is 9.94. The lowest BCUT2D eigenvalue weighted by Crippen LogP contribution is -2.50. The maximum absolute atomic E-state index is 2.46. The predicted molar refractivity (Wildman–Crippen MR) is 134 cm³/mol. The fraction of sp³-hybridized carbons (Fsp3) is 0.571. The Morgan fingerprint density at radius 1 is 0.645 bits per heavy atom. The molecule has 0 unspecified atom stereocenters. The van der Waals surface area contributed by atoms with Gasteiger partial charge in [-0.3, -0.25) is 0 Å². The van der Waals surface area contributed by atoms with Crippen LogP contribution in [0.1, 0.15) is 35.1 Å². The Hall–Kier alpha value is -1.68. The van der Waals surface area contributed by atoms with Crippen LogP contribution in [0.15, 0.2) is 36.4 Å². The van der Waals surface area contributed by atoms with Gasteiger partial charge >= 0.3 is 0 Å². The Balaban J connectivity index is 2.01. The lowest BCUT2D eigenvalue weighted by molar-refractivity contribution is -0.960. The van der Waals surface area contributed by atoms with Gasteiger partial charge < -0.3 is 13.4 Å². The number of quaternary nitrogens is 3. The molecule has 3 heteroatoms. The van der Waals surface area contributed by atoms with Gasteiger partial charge in [0, 0.05) is 24.0 Å². The van der Waals surface area contributed by atoms with Crippen LogP contribution in [0.4, 0.5) is 0 Å². The largest absolute Gasteiger partial charge is 0.331 e. The van der Waals surface area contributed by atoms with Crippen LogP contribution in [-0.2, 0) is 13.1 Å². The van der Waals surface area contributed by atoms with Gasteiger partial charge in [0.15, 0.2) is 0 Å². The topological polar surface area (TPSA) is 0 Å². The summed E-state index contributed by atoms with van der Waals surface area (Å²) < 4.78 is 3.28. The predicted octanol–water partition coefficient (Wildman–Crippen LogP) is 4.99. The molecule has 0 radical (unpaired) electrons. The molecule has 0 bridgehead atoms. The van der Waals surface area contributed by atoms with Crippen LogP contribution in [-0.4, -0.2) is 81.9 Å². The molecule has 1 heterocycles. The van der Waals surface area contributed by atoms with Crippen molar-refractivity contribution in [2.24, 2.45) is 0 Å². The molecule has 0 fully saturated rings. The Bertz CT molecular complexity index is 824. The average Bonchev–Trinajstić information content (AvgIpc) is 2.72. The van der Waals surface area contributed by atoms with Gasteiger partial charge in [-0.1, -0.05) is 35.4 Å². The van der Waals surface area contributed by atoms with E-state index in [1.807, 2.05) is 0 Å². The van der Waals surface area contributed by atoms with Crippen LogP contribution in [0.25, 0.3) is 11.1 Å². The second kappa shape index (κ2) is 9.05. The third kappa shape index (κ3) is 6.65. The van der Waals surface area contributed by atoms with Crippen LogP contribution < -0.4 is 0 Å². The normalized spacial score (nSPS) is 15.9. The summed E-state index contributed by atoms with van der Waals surface area (Å²) >= 11 is 0. The molecule has 31 heavy (non-hydrogen) atoms. The zero-order valence-corrected chi connectivity index (χ0v) is 21.5. The maximum Gasteiger partial charge on any atom is 0.105 e. The molecule has 0 aliphatic carbocycles. The zero-order chi connectivity index (χ0) is 22.9. The van der Waals surface area contributed by atoms with Crippen molar-refractivity contribution in [3.8, 4) is 11.1 Å². The number of hydrogen-bond donors (Lipinski definition) is 0. The molecule has 0 saturated heterocycles. The van der Waals surface area contributed by atoms with Crippen molar-refractivity contribution in [2.75, 3.05) is 68.5 Å². The Morgan fingerprint density at radius 3 is 1.39 bits per heavy atom. The first-order chi connectivity index (χ1) is 14.4. The molecule has 0 aromatic heterocycles. The molecule has 1 aliphatic rings. The summed E-state index contributed by atoms with van der Waals surface area (Å²) in [6, 6.07) is 14.2. The second-order valence-electron chi connectivity index (χ2n) is 12.2. The average molecular weight is 425 g/mol. The van der Waals surface area contributed by atoms with Crippen LogP contribution in [0.2, 0.25) is 0 Å². The molecule has 2 aromatic rings. The first-order valence-corrected chi connectivity index (χ1v) is 12.0. The summed E-state index contributed by atoms with van der Waals surface area (Å²) in [5.74, 6) is 0. The van der Waals surface area contributed by atoms with Gasteiger partial charge in [0.05, 0.1) is 68.5 Å². The zero-order valence-electron chi connectivity index (χ0n) is 21.5. The maximum atomic E-state index is 2.46. The molecule has 0 saturated carbocycles. The van der Waals surface area contributed by atoms with E-state index in [1.54, 1.807) is 0 Å². The quantitative estimate of drug-likeness (QED) is 0.524. The van der Waals surface area contributed by atoms with E-state index < -0.39 is 0 Å². The Kier molecular flexibility index (Phi) is 7.00. The van der Waals surface area contributed by atoms with Gasteiger partial charge in [0.2, 0.25) is 0 Å². The third-order valence-electron chi connectivity index (χ3n) is 6.75. The number of benzene rings is 2. The fourth-order valence-corrected chi connectivity index (χ4v) is 5.20. The fourth-order valence-electron chi connectivity index (χ4n) is 5.20. The summed E-state index contributed by atoms with van der Waals surface area (Å²) in [5, 5.41) is 0. The second-order valence-corrected chi connectivity index (χ2v) is 12.2. The van der Waals surface area contributed by atoms with Crippen molar-refractivity contribution in [2.45, 2.75) is 39.8 Å². The van der Waals surface area contributed by atoms with E-state index in [9.17, 15) is 0 Å². The number of hydrogen-bond acceptors (Lipinski definition) is 0. The molecular weight excluding hydrogens is 378 g/mol. The van der Waals surface area contributed by atoms with Gasteiger partial charge in [0.25, 0.3) is 0 Å². The monoisotopic (exact) mass is 424 g/mol. The minimum absolute atomic E-state index is 1.05. The number of fused-ring (bicyclic) bond motifs is 3. The number of rotatable bonds is 8. The Labute approximate surface area is 191 Å². The van der Waals surface area contributed by atoms with E-state index in [2.05, 4.69) is 92.5 Å². The van der Waals surface area contributed by atoms with E-state index in [0.717, 1.165) is 22.1 Å². The SMILES string of the molecule is Cc1ccc2c(c1)C[N+](CCC[N+](C)(C)C)(CCC[N+](C)(C)C)Cc1cc(C)ccc1-2. The van der Waals surface area contributed by atoms with E-state index >= 15 is 0 Å². The van der Waals surface area contributed by atoms with E-state index in [-0.39, 0.29) is 0 Å². The molecule has 0 spiro atoms. The highest BCUT2D eigenvalue weighted by atomic mass is 15.4. The first-order valence-electron chi connectivity index (χ1n) is 12.0. The first kappa shape index (κ1) is 24.0. The summed E-state index contributed by atoms with van der Waals surface area (Å²) in [5.41, 5.74) is 8.75. The number of nitrogens with zero attached hydrogens (tertiary/aromatic N) is 3. The van der Waals surface area contributed by atoms with Crippen molar-refractivity contribution in [3.05, 3.63) is 58.7 Å². The van der Waals surface area contributed by atoms with Gasteiger partial charge in [0.1, 0.15) is 13.1 Å². The molecule has 170 valence electrons. The van der Waals surface area contributed by atoms with Crippen molar-refractivity contribution in [3.63, 3.8) is 0 Å². The van der Waals surface area contributed by atoms with Gasteiger partial charge in [-0.2, -0.15) is 0 Å². The van der Waals surface area contributed by atoms with E-state index in [0.29, 0.717) is 0 Å². The highest BCUT2D eigenvalue weighted by Crippen LogP contribution is 2.37. The summed E-state index contributed by atoms with van der Waals surface area (Å²) in [6.07, 6.45) is 2.55. The lowest BCUT2D eigenvalue weighted by Gasteiger charge is -2.40. The molecule has 3 rings (SSSR count). The summed E-state index contributed by atoms with van der Waals surface area (Å²) in [4.78, 5) is 0. The van der Waals surface area contributed by atoms with Crippen molar-refractivity contribution < 1.29 is 13.4 Å². The Morgan fingerprint density at radius 2 is 1.03 bits per heavy atom. The van der Waals surface area contributed by atoms with Crippen LogP contribution in [0.3, 0.4) is 0 Å². The summed E-state index contributed by atoms with van der Waals surface area (Å²) in [6.45, 7) is 11.8. The molecule has 0 amide bonds. The van der Waals surface area contributed by atoms with Crippen molar-refractivity contribution in [1.29, 1.82) is 0 Å². The summed E-state index contributed by atoms with van der Waals surface area (Å²) in [7, 11) is 13.9. The molecule has 1 aliphatic heterocycles. The molecule has 0 N–H and O–H groups in total. The van der Waals surface area contributed by atoms with Crippen LogP contribution in [0, 0.1) is 13.8 Å². The van der Waals surface area contributed by atoms with E-state index in [4.69, 9.17) is 0 Å². The van der Waals surface area contributed by atoms with Crippen LogP contribution in [0.5, 0.6) is 0 Å². The number of aryl methyl sites for hydroxylation is 2. The van der Waals surface area contributed by atoms with Gasteiger partial charge in [-0.05, 0) is 37.1 Å². The molecular formula is C28H46N3+3. The van der Waals surface area contributed by atoms with Gasteiger partial charge in [-0.25, -0.2) is 0 Å². The van der Waals surface area contributed by atoms with Crippen molar-refractivity contribution >= 4 is 0 Å². The molecule has 0 atom stereocenters.